The molecule has 2 aliphatic heterocycles. The number of halogens is 1. The molecule has 2 N–H and O–H groups in total. The topological polar surface area (TPSA) is 66.6 Å². The van der Waals surface area contributed by atoms with Crippen LogP contribution in [0.2, 0.25) is 0 Å². The van der Waals surface area contributed by atoms with E-state index in [9.17, 15) is 9.59 Å². The van der Waals surface area contributed by atoms with Gasteiger partial charge in [0.2, 0.25) is 11.8 Å². The molecule has 6 heteroatoms. The van der Waals surface area contributed by atoms with Crippen molar-refractivity contribution in [1.82, 2.24) is 4.90 Å². The van der Waals surface area contributed by atoms with E-state index >= 15 is 0 Å². The predicted molar refractivity (Wildman–Crippen MR) is 105 cm³/mol. The third-order valence-corrected chi connectivity index (χ3v) is 5.46. The fourth-order valence-corrected chi connectivity index (χ4v) is 4.15. The van der Waals surface area contributed by atoms with Crippen LogP contribution in [-0.4, -0.2) is 42.4 Å². The zero-order valence-electron chi connectivity index (χ0n) is 14.6. The summed E-state index contributed by atoms with van der Waals surface area (Å²) >= 11 is 0. The Morgan fingerprint density at radius 1 is 1.15 bits per heavy atom. The van der Waals surface area contributed by atoms with Gasteiger partial charge in [0.15, 0.2) is 0 Å². The number of carbonyl (C=O) groups excluding carboxylic acids is 2. The van der Waals surface area contributed by atoms with E-state index in [0.717, 1.165) is 35.8 Å². The fraction of sp³-hybridized carbons (Fsp3) is 0.400. The molecule has 2 fully saturated rings. The third kappa shape index (κ3) is 3.17. The Kier molecular flexibility index (Phi) is 5.49. The molecule has 0 bridgehead atoms. The van der Waals surface area contributed by atoms with Gasteiger partial charge < -0.3 is 15.5 Å². The van der Waals surface area contributed by atoms with Crippen molar-refractivity contribution >= 4 is 40.7 Å². The highest BCUT2D eigenvalue weighted by molar-refractivity contribution is 6.07. The second kappa shape index (κ2) is 7.64. The van der Waals surface area contributed by atoms with E-state index in [2.05, 4.69) is 0 Å². The first-order valence-electron chi connectivity index (χ1n) is 8.97. The number of amides is 2. The number of anilines is 1. The standard InChI is InChI=1S/C20H23N3O2.ClH/c21-12-16-7-4-10-22(16)20(25)15-11-19(24)23(13-15)18-9-3-6-14-5-1-2-8-17(14)18;/h1-3,5-6,8-9,15-16H,4,7,10-13,21H2;1H. The molecule has 2 unspecified atom stereocenters. The van der Waals surface area contributed by atoms with Crippen molar-refractivity contribution in [2.24, 2.45) is 11.7 Å². The van der Waals surface area contributed by atoms with Gasteiger partial charge in [-0.25, -0.2) is 0 Å². The Labute approximate surface area is 159 Å². The van der Waals surface area contributed by atoms with E-state index in [1.54, 1.807) is 4.90 Å². The number of carbonyl (C=O) groups is 2. The van der Waals surface area contributed by atoms with Crippen LogP contribution in [0.25, 0.3) is 10.8 Å². The molecule has 0 spiro atoms. The van der Waals surface area contributed by atoms with E-state index in [4.69, 9.17) is 5.73 Å². The minimum Gasteiger partial charge on any atom is -0.338 e. The molecule has 0 aliphatic carbocycles. The van der Waals surface area contributed by atoms with Crippen LogP contribution < -0.4 is 10.6 Å². The van der Waals surface area contributed by atoms with E-state index in [1.807, 2.05) is 47.4 Å². The highest BCUT2D eigenvalue weighted by Crippen LogP contribution is 2.33. The second-order valence-electron chi connectivity index (χ2n) is 6.97. The molecule has 26 heavy (non-hydrogen) atoms. The first kappa shape index (κ1) is 18.7. The van der Waals surface area contributed by atoms with Gasteiger partial charge in [0.1, 0.15) is 0 Å². The van der Waals surface area contributed by atoms with Crippen LogP contribution in [-0.2, 0) is 9.59 Å². The highest BCUT2D eigenvalue weighted by atomic mass is 35.5. The van der Waals surface area contributed by atoms with E-state index in [0.29, 0.717) is 13.1 Å². The van der Waals surface area contributed by atoms with Gasteiger partial charge in [0.25, 0.3) is 0 Å². The Morgan fingerprint density at radius 2 is 1.92 bits per heavy atom. The Hall–Kier alpha value is -2.11. The molecule has 5 nitrogen and oxygen atoms in total. The zero-order chi connectivity index (χ0) is 17.4. The van der Waals surface area contributed by atoms with Gasteiger partial charge in [-0.3, -0.25) is 9.59 Å². The molecule has 2 amide bonds. The van der Waals surface area contributed by atoms with Crippen LogP contribution in [0.3, 0.4) is 0 Å². The molecule has 2 heterocycles. The number of nitrogens with zero attached hydrogens (tertiary/aromatic N) is 2. The highest BCUT2D eigenvalue weighted by Gasteiger charge is 2.40. The summed E-state index contributed by atoms with van der Waals surface area (Å²) in [4.78, 5) is 29.2. The smallest absolute Gasteiger partial charge is 0.228 e. The van der Waals surface area contributed by atoms with Crippen molar-refractivity contribution in [2.45, 2.75) is 25.3 Å². The minimum absolute atomic E-state index is 0. The number of hydrogen-bond acceptors (Lipinski definition) is 3. The van der Waals surface area contributed by atoms with Gasteiger partial charge in [-0.1, -0.05) is 36.4 Å². The summed E-state index contributed by atoms with van der Waals surface area (Å²) in [5.74, 6) is -0.152. The number of benzene rings is 2. The van der Waals surface area contributed by atoms with Gasteiger partial charge in [-0.2, -0.15) is 0 Å². The molecule has 2 aromatic rings. The van der Waals surface area contributed by atoms with Crippen LogP contribution in [0.5, 0.6) is 0 Å². The van der Waals surface area contributed by atoms with Gasteiger partial charge in [-0.15, -0.1) is 12.4 Å². The van der Waals surface area contributed by atoms with E-state index in [1.165, 1.54) is 0 Å². The van der Waals surface area contributed by atoms with Crippen LogP contribution in [0, 0.1) is 5.92 Å². The predicted octanol–water partition coefficient (Wildman–Crippen LogP) is 2.56. The van der Waals surface area contributed by atoms with E-state index < -0.39 is 0 Å². The van der Waals surface area contributed by atoms with Gasteiger partial charge in [0, 0.05) is 37.5 Å². The number of fused-ring (bicyclic) bond motifs is 1. The molecule has 0 saturated carbocycles. The molecule has 2 aromatic carbocycles. The first-order chi connectivity index (χ1) is 12.2. The maximum absolute atomic E-state index is 12.9. The van der Waals surface area contributed by atoms with Gasteiger partial charge in [-0.05, 0) is 24.3 Å². The lowest BCUT2D eigenvalue weighted by atomic mass is 10.1. The first-order valence-corrected chi connectivity index (χ1v) is 8.97. The molecule has 4 rings (SSSR count). The molecule has 138 valence electrons. The molecular weight excluding hydrogens is 350 g/mol. The van der Waals surface area contributed by atoms with Gasteiger partial charge >= 0.3 is 0 Å². The lowest BCUT2D eigenvalue weighted by Crippen LogP contribution is -2.43. The molecule has 2 saturated heterocycles. The number of nitrogens with two attached hydrogens (primary N) is 1. The van der Waals surface area contributed by atoms with Crippen LogP contribution in [0.4, 0.5) is 5.69 Å². The molecule has 0 radical (unpaired) electrons. The Morgan fingerprint density at radius 3 is 2.73 bits per heavy atom. The third-order valence-electron chi connectivity index (χ3n) is 5.46. The molecular formula is C20H24ClN3O2. The lowest BCUT2D eigenvalue weighted by Gasteiger charge is -2.26. The van der Waals surface area contributed by atoms with Crippen LogP contribution >= 0.6 is 12.4 Å². The SMILES string of the molecule is Cl.NCC1CCCN1C(=O)C1CC(=O)N(c2cccc3ccccc23)C1. The average Bonchev–Trinajstić information content (AvgIpc) is 3.27. The van der Waals surface area contributed by atoms with Crippen molar-refractivity contribution < 1.29 is 9.59 Å². The largest absolute Gasteiger partial charge is 0.338 e. The Balaban J connectivity index is 0.00000196. The summed E-state index contributed by atoms with van der Waals surface area (Å²) in [6.45, 7) is 1.72. The number of rotatable bonds is 3. The summed E-state index contributed by atoms with van der Waals surface area (Å²) in [6.07, 6.45) is 2.26. The number of hydrogen-bond donors (Lipinski definition) is 1. The zero-order valence-corrected chi connectivity index (χ0v) is 15.5. The lowest BCUT2D eigenvalue weighted by molar-refractivity contribution is -0.136. The maximum Gasteiger partial charge on any atom is 0.228 e. The van der Waals surface area contributed by atoms with Crippen molar-refractivity contribution in [3.05, 3.63) is 42.5 Å². The maximum atomic E-state index is 12.9. The van der Waals surface area contributed by atoms with Crippen molar-refractivity contribution in [2.75, 3.05) is 24.5 Å². The summed E-state index contributed by atoms with van der Waals surface area (Å²) < 4.78 is 0. The Bertz CT molecular complexity index is 820. The fourth-order valence-electron chi connectivity index (χ4n) is 4.15. The monoisotopic (exact) mass is 373 g/mol. The summed E-state index contributed by atoms with van der Waals surface area (Å²) in [6, 6.07) is 14.1. The van der Waals surface area contributed by atoms with Crippen molar-refractivity contribution in [3.63, 3.8) is 0 Å². The van der Waals surface area contributed by atoms with Crippen molar-refractivity contribution in [1.29, 1.82) is 0 Å². The minimum atomic E-state index is -0.265. The van der Waals surface area contributed by atoms with Crippen LogP contribution in [0.15, 0.2) is 42.5 Å². The van der Waals surface area contributed by atoms with Gasteiger partial charge in [0.05, 0.1) is 11.6 Å². The molecule has 0 aromatic heterocycles. The normalized spacial score (nSPS) is 22.7. The second-order valence-corrected chi connectivity index (χ2v) is 6.97. The molecule has 2 aliphatic rings. The summed E-state index contributed by atoms with van der Waals surface area (Å²) in [5, 5.41) is 2.15. The number of likely N-dealkylation sites (tertiary alicyclic amines) is 1. The summed E-state index contributed by atoms with van der Waals surface area (Å²) in [7, 11) is 0. The van der Waals surface area contributed by atoms with Crippen LogP contribution in [0.1, 0.15) is 19.3 Å². The van der Waals surface area contributed by atoms with Crippen molar-refractivity contribution in [3.8, 4) is 0 Å². The molecule has 2 atom stereocenters. The summed E-state index contributed by atoms with van der Waals surface area (Å²) in [5.41, 5.74) is 6.70. The quantitative estimate of drug-likeness (QED) is 0.899. The van der Waals surface area contributed by atoms with E-state index in [-0.39, 0.29) is 42.6 Å². The average molecular weight is 374 g/mol.